The van der Waals surface area contributed by atoms with Gasteiger partial charge in [-0.2, -0.15) is 9.97 Å². The van der Waals surface area contributed by atoms with Gasteiger partial charge in [0.1, 0.15) is 10.3 Å². The molecule has 0 aliphatic heterocycles. The summed E-state index contributed by atoms with van der Waals surface area (Å²) in [5.41, 5.74) is 10.5. The Morgan fingerprint density at radius 2 is 1.18 bits per heavy atom. The van der Waals surface area contributed by atoms with Gasteiger partial charge < -0.3 is 31.2 Å². The molecule has 0 saturated heterocycles. The predicted molar refractivity (Wildman–Crippen MR) is 101 cm³/mol. The number of carboxylic acid groups (broad SMARTS) is 2. The highest BCUT2D eigenvalue weighted by molar-refractivity contribution is 6.29. The summed E-state index contributed by atoms with van der Waals surface area (Å²) in [6, 6.07) is 2.97. The maximum atomic E-state index is 9.64. The van der Waals surface area contributed by atoms with Gasteiger partial charge in [0.25, 0.3) is 0 Å². The summed E-state index contributed by atoms with van der Waals surface area (Å²) < 4.78 is 9.52. The second-order valence-corrected chi connectivity index (χ2v) is 5.24. The van der Waals surface area contributed by atoms with Crippen LogP contribution >= 0.6 is 23.2 Å². The van der Waals surface area contributed by atoms with Crippen molar-refractivity contribution >= 4 is 47.0 Å². The molecule has 0 saturated carbocycles. The Hall–Kier alpha value is -3.12. The van der Waals surface area contributed by atoms with E-state index in [4.69, 9.17) is 54.4 Å². The number of anilines is 2. The zero-order chi connectivity index (χ0) is 21.7. The molecule has 0 aliphatic carbocycles. The highest BCUT2D eigenvalue weighted by Gasteiger charge is 2.00. The summed E-state index contributed by atoms with van der Waals surface area (Å²) in [5, 5.41) is 16.4. The first-order valence-electron chi connectivity index (χ1n) is 7.19. The van der Waals surface area contributed by atoms with Crippen molar-refractivity contribution in [1.82, 2.24) is 19.9 Å². The molecule has 6 N–H and O–H groups in total. The number of aromatic nitrogens is 4. The van der Waals surface area contributed by atoms with Gasteiger partial charge in [0.15, 0.2) is 0 Å². The Morgan fingerprint density at radius 1 is 0.857 bits per heavy atom. The highest BCUT2D eigenvalue weighted by atomic mass is 35.5. The molecule has 14 heteroatoms. The van der Waals surface area contributed by atoms with Gasteiger partial charge in [-0.15, -0.1) is 0 Å². The largest absolute Gasteiger partial charge is 0.481 e. The minimum absolute atomic E-state index is 0.115. The Kier molecular flexibility index (Phi) is 11.6. The number of hydrogen-bond acceptors (Lipinski definition) is 10. The van der Waals surface area contributed by atoms with E-state index < -0.39 is 11.9 Å². The second kappa shape index (κ2) is 13.1. The van der Waals surface area contributed by atoms with Crippen LogP contribution in [0.2, 0.25) is 10.3 Å². The summed E-state index contributed by atoms with van der Waals surface area (Å²) in [5.74, 6) is -1.18. The molecule has 0 atom stereocenters. The molecular weight excluding hydrogens is 419 g/mol. The van der Waals surface area contributed by atoms with Crippen LogP contribution in [0, 0.1) is 0 Å². The van der Waals surface area contributed by atoms with Crippen molar-refractivity contribution in [2.75, 3.05) is 25.7 Å². The van der Waals surface area contributed by atoms with Crippen molar-refractivity contribution < 1.29 is 29.3 Å². The Morgan fingerprint density at radius 3 is 1.39 bits per heavy atom. The lowest BCUT2D eigenvalue weighted by Crippen LogP contribution is -2.00. The Bertz CT molecular complexity index is 689. The average molecular weight is 437 g/mol. The number of rotatable bonds is 5. The van der Waals surface area contributed by atoms with Crippen LogP contribution in [0.15, 0.2) is 12.1 Å². The van der Waals surface area contributed by atoms with Crippen molar-refractivity contribution in [3.63, 3.8) is 0 Å². The monoisotopic (exact) mass is 436 g/mol. The molecule has 2 heterocycles. The van der Waals surface area contributed by atoms with Crippen LogP contribution in [-0.4, -0.2) is 56.3 Å². The maximum Gasteiger partial charge on any atom is 0.303 e. The fourth-order valence-electron chi connectivity index (χ4n) is 1.25. The van der Waals surface area contributed by atoms with Gasteiger partial charge in [0.05, 0.1) is 27.1 Å². The molecule has 28 heavy (non-hydrogen) atoms. The molecular formula is C14H18Cl2N6O6. The lowest BCUT2D eigenvalue weighted by molar-refractivity contribution is -0.143. The van der Waals surface area contributed by atoms with Gasteiger partial charge >= 0.3 is 11.9 Å². The molecule has 0 aromatic carbocycles. The molecule has 0 amide bonds. The van der Waals surface area contributed by atoms with E-state index in [1.54, 1.807) is 0 Å². The molecule has 0 unspecified atom stereocenters. The van der Waals surface area contributed by atoms with Gasteiger partial charge in [-0.25, -0.2) is 9.97 Å². The quantitative estimate of drug-likeness (QED) is 0.491. The maximum absolute atomic E-state index is 9.64. The SMILES string of the molecule is COc1cc(Cl)nc(N)n1.COc1cc(Cl)nc(N)n1.O=C(O)CCC(=O)O. The average Bonchev–Trinajstić information content (AvgIpc) is 2.59. The molecule has 154 valence electrons. The Balaban J connectivity index is 0.000000394. The van der Waals surface area contributed by atoms with E-state index >= 15 is 0 Å². The standard InChI is InChI=1S/2C5H6ClN3O.C4H6O4/c2*1-10-4-2-3(6)8-5(7)9-4;5-3(6)1-2-4(7)8/h2*2H,1H3,(H2,7,8,9);1-2H2,(H,5,6)(H,7,8). The summed E-state index contributed by atoms with van der Waals surface area (Å²) in [6.45, 7) is 0. The lowest BCUT2D eigenvalue weighted by Gasteiger charge is -1.98. The molecule has 0 aliphatic rings. The van der Waals surface area contributed by atoms with E-state index in [0.29, 0.717) is 11.8 Å². The lowest BCUT2D eigenvalue weighted by atomic mass is 10.3. The molecule has 0 radical (unpaired) electrons. The smallest absolute Gasteiger partial charge is 0.303 e. The number of methoxy groups -OCH3 is 2. The number of nitrogens with two attached hydrogens (primary N) is 2. The number of aliphatic carboxylic acids is 2. The third-order valence-electron chi connectivity index (χ3n) is 2.35. The van der Waals surface area contributed by atoms with E-state index in [2.05, 4.69) is 19.9 Å². The molecule has 0 fully saturated rings. The first kappa shape index (κ1) is 24.9. The fraction of sp³-hybridized carbons (Fsp3) is 0.286. The van der Waals surface area contributed by atoms with Crippen molar-refractivity contribution in [2.24, 2.45) is 0 Å². The molecule has 2 rings (SSSR count). The zero-order valence-electron chi connectivity index (χ0n) is 14.8. The normalized spacial score (nSPS) is 9.14. The van der Waals surface area contributed by atoms with Gasteiger partial charge in [-0.05, 0) is 0 Å². The predicted octanol–water partition coefficient (Wildman–Crippen LogP) is 1.38. The topological polar surface area (TPSA) is 197 Å². The number of carbonyl (C=O) groups is 2. The summed E-state index contributed by atoms with van der Waals surface area (Å²) in [4.78, 5) is 34.0. The van der Waals surface area contributed by atoms with Gasteiger partial charge in [-0.1, -0.05) is 23.2 Å². The molecule has 0 spiro atoms. The third-order valence-corrected chi connectivity index (χ3v) is 2.74. The van der Waals surface area contributed by atoms with Gasteiger partial charge in [0.2, 0.25) is 23.7 Å². The molecule has 2 aromatic heterocycles. The first-order chi connectivity index (χ1) is 13.1. The number of nitrogen functional groups attached to an aromatic ring is 2. The van der Waals surface area contributed by atoms with Crippen LogP contribution in [0.5, 0.6) is 11.8 Å². The number of hydrogen-bond donors (Lipinski definition) is 4. The van der Waals surface area contributed by atoms with E-state index in [1.807, 2.05) is 0 Å². The minimum atomic E-state index is -1.08. The van der Waals surface area contributed by atoms with E-state index in [1.165, 1.54) is 26.4 Å². The number of halogens is 2. The number of carboxylic acids is 2. The van der Waals surface area contributed by atoms with E-state index in [-0.39, 0.29) is 35.0 Å². The van der Waals surface area contributed by atoms with Crippen LogP contribution in [-0.2, 0) is 9.59 Å². The molecule has 2 aromatic rings. The summed E-state index contributed by atoms with van der Waals surface area (Å²) in [6.07, 6.45) is -0.593. The fourth-order valence-corrected chi connectivity index (χ4v) is 1.61. The van der Waals surface area contributed by atoms with Crippen LogP contribution in [0.4, 0.5) is 11.9 Å². The summed E-state index contributed by atoms with van der Waals surface area (Å²) in [7, 11) is 2.97. The Labute approximate surface area is 169 Å². The second-order valence-electron chi connectivity index (χ2n) is 4.47. The van der Waals surface area contributed by atoms with Crippen molar-refractivity contribution in [2.45, 2.75) is 12.8 Å². The van der Waals surface area contributed by atoms with E-state index in [0.717, 1.165) is 0 Å². The number of nitrogens with zero attached hydrogens (tertiary/aromatic N) is 4. The van der Waals surface area contributed by atoms with Crippen molar-refractivity contribution in [1.29, 1.82) is 0 Å². The van der Waals surface area contributed by atoms with Crippen LogP contribution in [0.3, 0.4) is 0 Å². The molecule has 12 nitrogen and oxygen atoms in total. The summed E-state index contributed by atoms with van der Waals surface area (Å²) >= 11 is 11.0. The van der Waals surface area contributed by atoms with Crippen LogP contribution in [0.1, 0.15) is 12.8 Å². The minimum Gasteiger partial charge on any atom is -0.481 e. The van der Waals surface area contributed by atoms with E-state index in [9.17, 15) is 9.59 Å². The third kappa shape index (κ3) is 12.3. The van der Waals surface area contributed by atoms with Gasteiger partial charge in [0, 0.05) is 12.1 Å². The highest BCUT2D eigenvalue weighted by Crippen LogP contribution is 2.14. The van der Waals surface area contributed by atoms with Crippen LogP contribution in [0.25, 0.3) is 0 Å². The number of ether oxygens (including phenoxy) is 2. The van der Waals surface area contributed by atoms with Crippen molar-refractivity contribution in [3.8, 4) is 11.8 Å². The van der Waals surface area contributed by atoms with Crippen LogP contribution < -0.4 is 20.9 Å². The molecule has 0 bridgehead atoms. The van der Waals surface area contributed by atoms with Crippen molar-refractivity contribution in [3.05, 3.63) is 22.4 Å². The van der Waals surface area contributed by atoms with Gasteiger partial charge in [-0.3, -0.25) is 9.59 Å². The first-order valence-corrected chi connectivity index (χ1v) is 7.94. The zero-order valence-corrected chi connectivity index (χ0v) is 16.3.